The van der Waals surface area contributed by atoms with Gasteiger partial charge in [-0.15, -0.1) is 0 Å². The fourth-order valence-corrected chi connectivity index (χ4v) is 2.89. The molecule has 0 atom stereocenters. The first kappa shape index (κ1) is 15.0. The van der Waals surface area contributed by atoms with E-state index >= 15 is 0 Å². The van der Waals surface area contributed by atoms with Crippen LogP contribution < -0.4 is 5.32 Å². The maximum atomic E-state index is 3.81. The molecule has 0 saturated carbocycles. The molecule has 1 N–H and O–H groups in total. The Morgan fingerprint density at radius 1 is 1.06 bits per heavy atom. The largest absolute Gasteiger partial charge is 0.314 e. The lowest BCUT2D eigenvalue weighted by Crippen LogP contribution is -2.39. The van der Waals surface area contributed by atoms with Crippen LogP contribution in [0.5, 0.6) is 0 Å². The van der Waals surface area contributed by atoms with Gasteiger partial charge in [-0.3, -0.25) is 0 Å². The number of hydrogen-bond acceptors (Lipinski definition) is 2. The number of nitrogens with zero attached hydrogens (tertiary/aromatic N) is 1. The van der Waals surface area contributed by atoms with Crippen LogP contribution in [0.2, 0.25) is 0 Å². The number of hydrogen-bond donors (Lipinski definition) is 1. The minimum absolute atomic E-state index is 0.772. The van der Waals surface area contributed by atoms with Crippen LogP contribution in [0.4, 0.5) is 0 Å². The molecule has 0 aromatic heterocycles. The Morgan fingerprint density at radius 2 is 1.65 bits per heavy atom. The second-order valence-corrected chi connectivity index (χ2v) is 5.56. The molecule has 1 fully saturated rings. The first-order valence-electron chi connectivity index (χ1n) is 7.75. The standard InChI is InChI=1S/C15H32N2/c1-4-7-15(8-5-2)16-13-14-9-11-17(6-3)12-10-14/h14-16H,4-13H2,1-3H3. The van der Waals surface area contributed by atoms with E-state index in [1.165, 1.54) is 64.7 Å². The molecular weight excluding hydrogens is 208 g/mol. The highest BCUT2D eigenvalue weighted by Gasteiger charge is 2.18. The van der Waals surface area contributed by atoms with Gasteiger partial charge in [0.1, 0.15) is 0 Å². The highest BCUT2D eigenvalue weighted by Crippen LogP contribution is 2.16. The minimum atomic E-state index is 0.772. The van der Waals surface area contributed by atoms with E-state index < -0.39 is 0 Å². The number of nitrogens with one attached hydrogen (secondary N) is 1. The lowest BCUT2D eigenvalue weighted by molar-refractivity contribution is 0.186. The number of likely N-dealkylation sites (tertiary alicyclic amines) is 1. The van der Waals surface area contributed by atoms with Gasteiger partial charge < -0.3 is 10.2 Å². The fourth-order valence-electron chi connectivity index (χ4n) is 2.89. The van der Waals surface area contributed by atoms with Crippen molar-refractivity contribution in [3.05, 3.63) is 0 Å². The summed E-state index contributed by atoms with van der Waals surface area (Å²) in [7, 11) is 0. The van der Waals surface area contributed by atoms with Crippen LogP contribution in [0, 0.1) is 5.92 Å². The van der Waals surface area contributed by atoms with Crippen molar-refractivity contribution in [3.8, 4) is 0 Å². The Balaban J connectivity index is 2.16. The van der Waals surface area contributed by atoms with Crippen LogP contribution in [0.1, 0.15) is 59.3 Å². The van der Waals surface area contributed by atoms with Gasteiger partial charge in [-0.2, -0.15) is 0 Å². The van der Waals surface area contributed by atoms with Gasteiger partial charge in [0.15, 0.2) is 0 Å². The lowest BCUT2D eigenvalue weighted by atomic mass is 9.96. The van der Waals surface area contributed by atoms with Crippen LogP contribution in [0.3, 0.4) is 0 Å². The van der Waals surface area contributed by atoms with E-state index in [1.54, 1.807) is 0 Å². The van der Waals surface area contributed by atoms with E-state index in [0.29, 0.717) is 0 Å². The first-order chi connectivity index (χ1) is 8.30. The summed E-state index contributed by atoms with van der Waals surface area (Å²) in [5.74, 6) is 0.925. The van der Waals surface area contributed by atoms with E-state index in [2.05, 4.69) is 31.0 Å². The molecule has 1 heterocycles. The molecule has 1 aliphatic rings. The van der Waals surface area contributed by atoms with Crippen molar-refractivity contribution in [3.63, 3.8) is 0 Å². The van der Waals surface area contributed by atoms with Gasteiger partial charge in [-0.05, 0) is 57.8 Å². The molecule has 2 nitrogen and oxygen atoms in total. The Hall–Kier alpha value is -0.0800. The zero-order chi connectivity index (χ0) is 12.5. The van der Waals surface area contributed by atoms with Crippen molar-refractivity contribution in [2.24, 2.45) is 5.92 Å². The van der Waals surface area contributed by atoms with Crippen LogP contribution in [-0.4, -0.2) is 37.1 Å². The molecule has 0 radical (unpaired) electrons. The van der Waals surface area contributed by atoms with Gasteiger partial charge in [0.2, 0.25) is 0 Å². The van der Waals surface area contributed by atoms with Gasteiger partial charge in [-0.25, -0.2) is 0 Å². The molecular formula is C15H32N2. The molecule has 0 amide bonds. The second-order valence-electron chi connectivity index (χ2n) is 5.56. The van der Waals surface area contributed by atoms with Crippen LogP contribution in [-0.2, 0) is 0 Å². The molecule has 0 spiro atoms. The first-order valence-corrected chi connectivity index (χ1v) is 7.75. The molecule has 0 bridgehead atoms. The SMILES string of the molecule is CCCC(CCC)NCC1CCN(CC)CC1. The van der Waals surface area contributed by atoms with Crippen molar-refractivity contribution in [2.75, 3.05) is 26.2 Å². The molecule has 2 heteroatoms. The molecule has 0 unspecified atom stereocenters. The van der Waals surface area contributed by atoms with E-state index in [-0.39, 0.29) is 0 Å². The molecule has 1 saturated heterocycles. The maximum Gasteiger partial charge on any atom is 0.00669 e. The van der Waals surface area contributed by atoms with Gasteiger partial charge >= 0.3 is 0 Å². The Kier molecular flexibility index (Phi) is 7.87. The van der Waals surface area contributed by atoms with E-state index in [9.17, 15) is 0 Å². The third kappa shape index (κ3) is 5.87. The zero-order valence-corrected chi connectivity index (χ0v) is 12.2. The fraction of sp³-hybridized carbons (Fsp3) is 1.00. The second kappa shape index (κ2) is 8.93. The Morgan fingerprint density at radius 3 is 2.12 bits per heavy atom. The number of piperidine rings is 1. The zero-order valence-electron chi connectivity index (χ0n) is 12.2. The maximum absolute atomic E-state index is 3.81. The van der Waals surface area contributed by atoms with Gasteiger partial charge in [0, 0.05) is 6.04 Å². The monoisotopic (exact) mass is 240 g/mol. The van der Waals surface area contributed by atoms with E-state index in [4.69, 9.17) is 0 Å². The van der Waals surface area contributed by atoms with Crippen molar-refractivity contribution >= 4 is 0 Å². The van der Waals surface area contributed by atoms with Gasteiger partial charge in [-0.1, -0.05) is 33.6 Å². The molecule has 102 valence electrons. The highest BCUT2D eigenvalue weighted by atomic mass is 15.1. The van der Waals surface area contributed by atoms with Crippen LogP contribution in [0.25, 0.3) is 0 Å². The van der Waals surface area contributed by atoms with Crippen molar-refractivity contribution in [2.45, 2.75) is 65.3 Å². The molecule has 1 rings (SSSR count). The summed E-state index contributed by atoms with van der Waals surface area (Å²) in [6.07, 6.45) is 8.11. The predicted octanol–water partition coefficient (Wildman–Crippen LogP) is 3.28. The lowest BCUT2D eigenvalue weighted by Gasteiger charge is -2.32. The number of rotatable bonds is 8. The summed E-state index contributed by atoms with van der Waals surface area (Å²) < 4.78 is 0. The minimum Gasteiger partial charge on any atom is -0.314 e. The molecule has 0 aliphatic carbocycles. The van der Waals surface area contributed by atoms with Crippen molar-refractivity contribution < 1.29 is 0 Å². The predicted molar refractivity (Wildman–Crippen MR) is 76.4 cm³/mol. The van der Waals surface area contributed by atoms with Crippen LogP contribution >= 0.6 is 0 Å². The molecule has 0 aromatic carbocycles. The van der Waals surface area contributed by atoms with Gasteiger partial charge in [0.05, 0.1) is 0 Å². The average molecular weight is 240 g/mol. The summed E-state index contributed by atoms with van der Waals surface area (Å²) >= 11 is 0. The summed E-state index contributed by atoms with van der Waals surface area (Å²) in [5, 5.41) is 3.81. The third-order valence-electron chi connectivity index (χ3n) is 4.12. The third-order valence-corrected chi connectivity index (χ3v) is 4.12. The van der Waals surface area contributed by atoms with Crippen molar-refractivity contribution in [1.29, 1.82) is 0 Å². The molecule has 1 aliphatic heterocycles. The molecule has 0 aromatic rings. The normalized spacial score (nSPS) is 19.1. The summed E-state index contributed by atoms with van der Waals surface area (Å²) in [6, 6.07) is 0.772. The highest BCUT2D eigenvalue weighted by molar-refractivity contribution is 4.75. The summed E-state index contributed by atoms with van der Waals surface area (Å²) in [5.41, 5.74) is 0. The summed E-state index contributed by atoms with van der Waals surface area (Å²) in [6.45, 7) is 12.0. The van der Waals surface area contributed by atoms with E-state index in [1.807, 2.05) is 0 Å². The summed E-state index contributed by atoms with van der Waals surface area (Å²) in [4.78, 5) is 2.58. The average Bonchev–Trinajstić information content (AvgIpc) is 2.37. The Bertz CT molecular complexity index is 168. The van der Waals surface area contributed by atoms with E-state index in [0.717, 1.165) is 12.0 Å². The smallest absolute Gasteiger partial charge is 0.00669 e. The van der Waals surface area contributed by atoms with Crippen LogP contribution in [0.15, 0.2) is 0 Å². The topological polar surface area (TPSA) is 15.3 Å². The quantitative estimate of drug-likeness (QED) is 0.700. The molecule has 17 heavy (non-hydrogen) atoms. The van der Waals surface area contributed by atoms with Crippen molar-refractivity contribution in [1.82, 2.24) is 10.2 Å². The van der Waals surface area contributed by atoms with Gasteiger partial charge in [0.25, 0.3) is 0 Å². The Labute approximate surface area is 108 Å².